The van der Waals surface area contributed by atoms with Crippen LogP contribution in [0.15, 0.2) is 27.6 Å². The molecule has 0 fully saturated rings. The summed E-state index contributed by atoms with van der Waals surface area (Å²) >= 11 is 3.10. The maximum absolute atomic E-state index is 11.6. The summed E-state index contributed by atoms with van der Waals surface area (Å²) in [7, 11) is 0. The van der Waals surface area contributed by atoms with Crippen molar-refractivity contribution < 1.29 is 10.2 Å². The Balaban J connectivity index is 3.31. The average molecular weight is 262 g/mol. The normalized spacial score (nSPS) is 11.7. The number of aliphatic hydroxyl groups excluding tert-OH is 2. The zero-order valence-electron chi connectivity index (χ0n) is 7.77. The quantitative estimate of drug-likeness (QED) is 0.824. The molecule has 0 radical (unpaired) electrons. The van der Waals surface area contributed by atoms with E-state index in [0.717, 1.165) is 0 Å². The third-order valence-corrected chi connectivity index (χ3v) is 2.77. The van der Waals surface area contributed by atoms with E-state index < -0.39 is 5.54 Å². The second-order valence-corrected chi connectivity index (χ2v) is 4.20. The van der Waals surface area contributed by atoms with Crippen LogP contribution in [0.4, 0.5) is 0 Å². The fourth-order valence-electron chi connectivity index (χ4n) is 1.10. The zero-order valence-corrected chi connectivity index (χ0v) is 9.36. The van der Waals surface area contributed by atoms with E-state index in [2.05, 4.69) is 15.9 Å². The van der Waals surface area contributed by atoms with Gasteiger partial charge in [-0.25, -0.2) is 0 Å². The van der Waals surface area contributed by atoms with E-state index in [9.17, 15) is 4.79 Å². The molecule has 0 bridgehead atoms. The first kappa shape index (κ1) is 11.4. The van der Waals surface area contributed by atoms with Crippen LogP contribution in [0.1, 0.15) is 6.92 Å². The van der Waals surface area contributed by atoms with Crippen molar-refractivity contribution in [2.24, 2.45) is 0 Å². The fourth-order valence-corrected chi connectivity index (χ4v) is 1.44. The molecule has 78 valence electrons. The van der Waals surface area contributed by atoms with E-state index in [0.29, 0.717) is 4.47 Å². The highest BCUT2D eigenvalue weighted by atomic mass is 79.9. The lowest BCUT2D eigenvalue weighted by Gasteiger charge is -2.27. The number of aliphatic hydroxyl groups is 2. The largest absolute Gasteiger partial charge is 0.394 e. The van der Waals surface area contributed by atoms with Crippen LogP contribution in [0.5, 0.6) is 0 Å². The lowest BCUT2D eigenvalue weighted by Crippen LogP contribution is -2.44. The predicted molar refractivity (Wildman–Crippen MR) is 56.2 cm³/mol. The summed E-state index contributed by atoms with van der Waals surface area (Å²) in [5.41, 5.74) is -1.22. The van der Waals surface area contributed by atoms with Gasteiger partial charge in [-0.2, -0.15) is 0 Å². The Labute approximate surface area is 89.9 Å². The van der Waals surface area contributed by atoms with Crippen molar-refractivity contribution in [1.29, 1.82) is 0 Å². The highest BCUT2D eigenvalue weighted by Crippen LogP contribution is 2.13. The first-order valence-corrected chi connectivity index (χ1v) is 4.94. The molecule has 0 saturated heterocycles. The second-order valence-electron chi connectivity index (χ2n) is 3.34. The Morgan fingerprint density at radius 2 is 2.07 bits per heavy atom. The molecule has 0 aliphatic carbocycles. The van der Waals surface area contributed by atoms with Gasteiger partial charge in [0.05, 0.1) is 23.2 Å². The van der Waals surface area contributed by atoms with Gasteiger partial charge in [-0.15, -0.1) is 0 Å². The van der Waals surface area contributed by atoms with Crippen molar-refractivity contribution in [2.75, 3.05) is 13.2 Å². The molecule has 2 N–H and O–H groups in total. The maximum atomic E-state index is 11.6. The summed E-state index contributed by atoms with van der Waals surface area (Å²) in [6, 6.07) is 3.29. The summed E-state index contributed by atoms with van der Waals surface area (Å²) < 4.78 is 1.73. The summed E-state index contributed by atoms with van der Waals surface area (Å²) in [5, 5.41) is 18.2. The van der Waals surface area contributed by atoms with Crippen LogP contribution in [0, 0.1) is 0 Å². The SMILES string of the molecule is CC(CO)(CO)n1cccc(Br)c1=O. The van der Waals surface area contributed by atoms with Crippen molar-refractivity contribution in [3.8, 4) is 0 Å². The molecule has 1 rings (SSSR count). The van der Waals surface area contributed by atoms with E-state index in [1.54, 1.807) is 25.3 Å². The van der Waals surface area contributed by atoms with Crippen LogP contribution in [-0.4, -0.2) is 28.0 Å². The van der Waals surface area contributed by atoms with Gasteiger partial charge in [-0.3, -0.25) is 4.79 Å². The van der Waals surface area contributed by atoms with Gasteiger partial charge in [0.25, 0.3) is 5.56 Å². The summed E-state index contributed by atoms with van der Waals surface area (Å²) in [6.07, 6.45) is 1.54. The predicted octanol–water partition coefficient (Wildman–Crippen LogP) is 0.311. The monoisotopic (exact) mass is 261 g/mol. The van der Waals surface area contributed by atoms with Gasteiger partial charge >= 0.3 is 0 Å². The minimum atomic E-state index is -0.957. The van der Waals surface area contributed by atoms with Crippen LogP contribution < -0.4 is 5.56 Å². The highest BCUT2D eigenvalue weighted by molar-refractivity contribution is 9.10. The van der Waals surface area contributed by atoms with Gasteiger partial charge < -0.3 is 14.8 Å². The minimum absolute atomic E-state index is 0.266. The van der Waals surface area contributed by atoms with Crippen LogP contribution in [0.3, 0.4) is 0 Å². The van der Waals surface area contributed by atoms with E-state index in [1.165, 1.54) is 4.57 Å². The number of nitrogens with zero attached hydrogens (tertiary/aromatic N) is 1. The lowest BCUT2D eigenvalue weighted by atomic mass is 10.1. The fraction of sp³-hybridized carbons (Fsp3) is 0.444. The smallest absolute Gasteiger partial charge is 0.265 e. The Hall–Kier alpha value is -0.650. The molecule has 0 aliphatic rings. The number of rotatable bonds is 3. The second kappa shape index (κ2) is 4.25. The van der Waals surface area contributed by atoms with E-state index in [1.807, 2.05) is 0 Å². The van der Waals surface area contributed by atoms with Crippen molar-refractivity contribution in [3.05, 3.63) is 33.2 Å². The molecule has 0 aromatic carbocycles. The first-order valence-electron chi connectivity index (χ1n) is 4.14. The number of pyridine rings is 1. The maximum Gasteiger partial charge on any atom is 0.265 e. The molecule has 4 nitrogen and oxygen atoms in total. The number of halogens is 1. The summed E-state index contributed by atoms with van der Waals surface area (Å²) in [5.74, 6) is 0. The van der Waals surface area contributed by atoms with Crippen molar-refractivity contribution in [2.45, 2.75) is 12.5 Å². The van der Waals surface area contributed by atoms with Crippen LogP contribution >= 0.6 is 15.9 Å². The minimum Gasteiger partial charge on any atom is -0.394 e. The topological polar surface area (TPSA) is 62.5 Å². The Morgan fingerprint density at radius 3 is 2.57 bits per heavy atom. The Morgan fingerprint density at radius 1 is 1.50 bits per heavy atom. The van der Waals surface area contributed by atoms with E-state index in [4.69, 9.17) is 10.2 Å². The molecule has 0 atom stereocenters. The lowest BCUT2D eigenvalue weighted by molar-refractivity contribution is 0.0749. The zero-order chi connectivity index (χ0) is 10.8. The molecule has 0 saturated carbocycles. The van der Waals surface area contributed by atoms with Gasteiger partial charge in [0.2, 0.25) is 0 Å². The third kappa shape index (κ3) is 1.89. The van der Waals surface area contributed by atoms with Crippen molar-refractivity contribution >= 4 is 15.9 Å². The van der Waals surface area contributed by atoms with Gasteiger partial charge in [-0.05, 0) is 35.0 Å². The highest BCUT2D eigenvalue weighted by Gasteiger charge is 2.25. The molecule has 5 heteroatoms. The van der Waals surface area contributed by atoms with Crippen LogP contribution in [-0.2, 0) is 5.54 Å². The van der Waals surface area contributed by atoms with Gasteiger partial charge in [-0.1, -0.05) is 0 Å². The molecule has 0 aliphatic heterocycles. The van der Waals surface area contributed by atoms with Crippen LogP contribution in [0.2, 0.25) is 0 Å². The molecule has 1 aromatic heterocycles. The Kier molecular flexibility index (Phi) is 3.47. The molecule has 0 spiro atoms. The molecular weight excluding hydrogens is 250 g/mol. The van der Waals surface area contributed by atoms with Gasteiger partial charge in [0.1, 0.15) is 0 Å². The van der Waals surface area contributed by atoms with E-state index in [-0.39, 0.29) is 18.8 Å². The molecular formula is C9H12BrNO3. The third-order valence-electron chi connectivity index (χ3n) is 2.16. The van der Waals surface area contributed by atoms with E-state index >= 15 is 0 Å². The van der Waals surface area contributed by atoms with Gasteiger partial charge in [0, 0.05) is 6.20 Å². The standard InChI is InChI=1S/C9H12BrNO3/c1-9(5-12,6-13)11-4-2-3-7(10)8(11)14/h2-4,12-13H,5-6H2,1H3. The number of hydrogen-bond acceptors (Lipinski definition) is 3. The number of aromatic nitrogens is 1. The molecule has 0 unspecified atom stereocenters. The molecule has 0 amide bonds. The number of hydrogen-bond donors (Lipinski definition) is 2. The first-order chi connectivity index (χ1) is 6.55. The average Bonchev–Trinajstić information content (AvgIpc) is 2.21. The molecule has 14 heavy (non-hydrogen) atoms. The summed E-state index contributed by atoms with van der Waals surface area (Å²) in [6.45, 7) is 1.03. The molecule has 1 heterocycles. The molecule has 1 aromatic rings. The van der Waals surface area contributed by atoms with Gasteiger partial charge in [0.15, 0.2) is 0 Å². The summed E-state index contributed by atoms with van der Waals surface area (Å²) in [4.78, 5) is 11.6. The van der Waals surface area contributed by atoms with Crippen molar-refractivity contribution in [3.63, 3.8) is 0 Å². The van der Waals surface area contributed by atoms with Crippen molar-refractivity contribution in [1.82, 2.24) is 4.57 Å². The van der Waals surface area contributed by atoms with Crippen LogP contribution in [0.25, 0.3) is 0 Å². The Bertz CT molecular complexity index is 371.